The summed E-state index contributed by atoms with van der Waals surface area (Å²) >= 11 is 0. The smallest absolute Gasteiger partial charge is 0.335 e. The first kappa shape index (κ1) is 24.9. The fourth-order valence-corrected chi connectivity index (χ4v) is 4.25. The third-order valence-electron chi connectivity index (χ3n) is 6.50. The van der Waals surface area contributed by atoms with Crippen LogP contribution >= 0.6 is 0 Å². The lowest BCUT2D eigenvalue weighted by atomic mass is 9.82. The van der Waals surface area contributed by atoms with Crippen molar-refractivity contribution in [1.29, 1.82) is 0 Å². The van der Waals surface area contributed by atoms with Gasteiger partial charge in [0.2, 0.25) is 0 Å². The van der Waals surface area contributed by atoms with Gasteiger partial charge < -0.3 is 10.2 Å². The Morgan fingerprint density at radius 1 is 1.14 bits per heavy atom. The summed E-state index contributed by atoms with van der Waals surface area (Å²) in [4.78, 5) is 23.4. The number of unbranched alkanes of at least 4 members (excludes halogenated alkanes) is 3. The average Bonchev–Trinajstić information content (AvgIpc) is 2.99. The molecule has 1 unspecified atom stereocenters. The Kier molecular flexibility index (Phi) is 10.4. The van der Waals surface area contributed by atoms with Crippen LogP contribution in [-0.2, 0) is 9.59 Å². The highest BCUT2D eigenvalue weighted by Crippen LogP contribution is 2.35. The largest absolute Gasteiger partial charge is 0.479 e. The molecule has 3 atom stereocenters. The van der Waals surface area contributed by atoms with E-state index in [0.29, 0.717) is 30.0 Å². The lowest BCUT2D eigenvalue weighted by Crippen LogP contribution is -2.37. The Morgan fingerprint density at radius 3 is 2.46 bits per heavy atom. The molecular weight excluding hydrogens is 352 g/mol. The summed E-state index contributed by atoms with van der Waals surface area (Å²) in [5.41, 5.74) is -1.27. The molecule has 0 aromatic carbocycles. The molecule has 1 aliphatic rings. The van der Waals surface area contributed by atoms with Crippen molar-refractivity contribution in [1.82, 2.24) is 0 Å². The number of allylic oxidation sites excluding steroid dienone is 2. The highest BCUT2D eigenvalue weighted by atomic mass is 16.4. The second-order valence-electron chi connectivity index (χ2n) is 9.47. The van der Waals surface area contributed by atoms with E-state index in [1.165, 1.54) is 19.3 Å². The zero-order valence-electron chi connectivity index (χ0n) is 18.5. The lowest BCUT2D eigenvalue weighted by Gasteiger charge is -2.23. The molecule has 0 spiro atoms. The predicted molar refractivity (Wildman–Crippen MR) is 114 cm³/mol. The van der Waals surface area contributed by atoms with Gasteiger partial charge in [-0.05, 0) is 56.3 Å². The molecule has 0 bridgehead atoms. The van der Waals surface area contributed by atoms with Crippen molar-refractivity contribution in [2.45, 2.75) is 110 Å². The number of carboxylic acids is 1. The van der Waals surface area contributed by atoms with Crippen LogP contribution in [0, 0.1) is 17.3 Å². The zero-order chi connectivity index (χ0) is 21.2. The van der Waals surface area contributed by atoms with E-state index in [1.807, 2.05) is 0 Å². The minimum Gasteiger partial charge on any atom is -0.479 e. The molecule has 28 heavy (non-hydrogen) atoms. The highest BCUT2D eigenvalue weighted by Gasteiger charge is 2.34. The van der Waals surface area contributed by atoms with Gasteiger partial charge in [-0.25, -0.2) is 4.79 Å². The third-order valence-corrected chi connectivity index (χ3v) is 6.50. The van der Waals surface area contributed by atoms with Gasteiger partial charge in [0.15, 0.2) is 5.60 Å². The van der Waals surface area contributed by atoms with Gasteiger partial charge in [0.25, 0.3) is 0 Å². The van der Waals surface area contributed by atoms with Gasteiger partial charge in [-0.15, -0.1) is 0 Å². The number of carbonyl (C=O) groups is 2. The van der Waals surface area contributed by atoms with Gasteiger partial charge in [0.05, 0.1) is 0 Å². The van der Waals surface area contributed by atoms with Gasteiger partial charge in [-0.3, -0.25) is 4.79 Å². The third kappa shape index (κ3) is 8.06. The SMILES string of the molecule is CCCCC(C)(C)CC=C[C@H]1CCC(=O)[C@@H]1CCCCCC(O)(CC)C(=O)O. The van der Waals surface area contributed by atoms with E-state index < -0.39 is 11.6 Å². The maximum Gasteiger partial charge on any atom is 0.335 e. The van der Waals surface area contributed by atoms with Gasteiger partial charge in [0.1, 0.15) is 5.78 Å². The maximum absolute atomic E-state index is 12.3. The molecule has 0 aromatic rings. The van der Waals surface area contributed by atoms with Crippen molar-refractivity contribution < 1.29 is 19.8 Å². The van der Waals surface area contributed by atoms with Crippen LogP contribution in [0.3, 0.4) is 0 Å². The van der Waals surface area contributed by atoms with Crippen LogP contribution in [0.15, 0.2) is 12.2 Å². The highest BCUT2D eigenvalue weighted by molar-refractivity contribution is 5.83. The summed E-state index contributed by atoms with van der Waals surface area (Å²) in [6.45, 7) is 8.56. The number of ketones is 1. The minimum atomic E-state index is -1.60. The molecular formula is C24H42O4. The molecule has 0 aromatic heterocycles. The van der Waals surface area contributed by atoms with E-state index in [9.17, 15) is 14.7 Å². The fraction of sp³-hybridized carbons (Fsp3) is 0.833. The zero-order valence-corrected chi connectivity index (χ0v) is 18.5. The number of rotatable bonds is 14. The Hall–Kier alpha value is -1.16. The van der Waals surface area contributed by atoms with E-state index in [-0.39, 0.29) is 18.8 Å². The topological polar surface area (TPSA) is 74.6 Å². The van der Waals surface area contributed by atoms with Gasteiger partial charge in [0, 0.05) is 12.3 Å². The summed E-state index contributed by atoms with van der Waals surface area (Å²) in [7, 11) is 0. The second kappa shape index (κ2) is 11.7. The van der Waals surface area contributed by atoms with E-state index in [4.69, 9.17) is 5.11 Å². The molecule has 0 heterocycles. The van der Waals surface area contributed by atoms with Crippen molar-refractivity contribution in [2.75, 3.05) is 0 Å². The second-order valence-corrected chi connectivity index (χ2v) is 9.47. The molecule has 1 rings (SSSR count). The molecule has 1 saturated carbocycles. The number of hydrogen-bond donors (Lipinski definition) is 2. The number of hydrogen-bond acceptors (Lipinski definition) is 3. The first-order valence-electron chi connectivity index (χ1n) is 11.3. The molecule has 0 amide bonds. The molecule has 2 N–H and O–H groups in total. The molecule has 4 nitrogen and oxygen atoms in total. The molecule has 0 aliphatic heterocycles. The van der Waals surface area contributed by atoms with Crippen LogP contribution in [0.4, 0.5) is 0 Å². The van der Waals surface area contributed by atoms with Crippen LogP contribution in [0.2, 0.25) is 0 Å². The minimum absolute atomic E-state index is 0.125. The van der Waals surface area contributed by atoms with Crippen molar-refractivity contribution in [3.63, 3.8) is 0 Å². The summed E-state index contributed by atoms with van der Waals surface area (Å²) in [6, 6.07) is 0. The molecule has 4 heteroatoms. The van der Waals surface area contributed by atoms with Crippen molar-refractivity contribution >= 4 is 11.8 Å². The lowest BCUT2D eigenvalue weighted by molar-refractivity contribution is -0.159. The van der Waals surface area contributed by atoms with E-state index in [2.05, 4.69) is 32.9 Å². The summed E-state index contributed by atoms with van der Waals surface area (Å²) in [5.74, 6) is -0.260. The molecule has 1 fully saturated rings. The van der Waals surface area contributed by atoms with E-state index >= 15 is 0 Å². The summed E-state index contributed by atoms with van der Waals surface area (Å²) in [6.07, 6.45) is 14.9. The fourth-order valence-electron chi connectivity index (χ4n) is 4.25. The predicted octanol–water partition coefficient (Wildman–Crippen LogP) is 5.92. The number of carboxylic acid groups (broad SMARTS) is 1. The van der Waals surface area contributed by atoms with Crippen molar-refractivity contribution in [3.8, 4) is 0 Å². The first-order valence-corrected chi connectivity index (χ1v) is 11.3. The molecule has 0 radical (unpaired) electrons. The summed E-state index contributed by atoms with van der Waals surface area (Å²) in [5, 5.41) is 19.2. The Balaban J connectivity index is 2.41. The number of aliphatic carboxylic acids is 1. The van der Waals surface area contributed by atoms with Gasteiger partial charge in [-0.2, -0.15) is 0 Å². The molecule has 1 aliphatic carbocycles. The molecule has 162 valence electrons. The Bertz CT molecular complexity index is 523. The van der Waals surface area contributed by atoms with Crippen molar-refractivity contribution in [3.05, 3.63) is 12.2 Å². The van der Waals surface area contributed by atoms with Crippen LogP contribution in [-0.4, -0.2) is 27.6 Å². The summed E-state index contributed by atoms with van der Waals surface area (Å²) < 4.78 is 0. The number of aliphatic hydroxyl groups is 1. The maximum atomic E-state index is 12.3. The Morgan fingerprint density at radius 2 is 1.86 bits per heavy atom. The van der Waals surface area contributed by atoms with Crippen LogP contribution < -0.4 is 0 Å². The quantitative estimate of drug-likeness (QED) is 0.283. The average molecular weight is 395 g/mol. The van der Waals surface area contributed by atoms with Crippen molar-refractivity contribution in [2.24, 2.45) is 17.3 Å². The van der Waals surface area contributed by atoms with Crippen LogP contribution in [0.5, 0.6) is 0 Å². The molecule has 0 saturated heterocycles. The first-order chi connectivity index (χ1) is 13.1. The van der Waals surface area contributed by atoms with E-state index in [0.717, 1.165) is 32.1 Å². The monoisotopic (exact) mass is 394 g/mol. The van der Waals surface area contributed by atoms with Crippen LogP contribution in [0.25, 0.3) is 0 Å². The number of carbonyl (C=O) groups excluding carboxylic acids is 1. The normalized spacial score (nSPS) is 22.7. The van der Waals surface area contributed by atoms with Gasteiger partial charge in [-0.1, -0.05) is 65.5 Å². The van der Waals surface area contributed by atoms with Crippen LogP contribution in [0.1, 0.15) is 105 Å². The Labute approximate surface area is 171 Å². The van der Waals surface area contributed by atoms with E-state index in [1.54, 1.807) is 6.92 Å². The number of Topliss-reactive ketones (excluding diaryl/α,β-unsaturated/α-hetero) is 1. The standard InChI is InChI=1S/C24H42O4/c1-5-7-16-23(3,4)17-11-12-19-14-15-21(25)20(19)13-9-8-10-18-24(28,6-2)22(26)27/h11-12,19-20,28H,5-10,13-18H2,1-4H3,(H,26,27)/t19-,20+,24?/m0/s1. The van der Waals surface area contributed by atoms with Gasteiger partial charge >= 0.3 is 5.97 Å².